The van der Waals surface area contributed by atoms with Crippen LogP contribution in [0.4, 0.5) is 32.0 Å². The summed E-state index contributed by atoms with van der Waals surface area (Å²) in [5, 5.41) is 22.5. The van der Waals surface area contributed by atoms with Gasteiger partial charge in [-0.25, -0.2) is 0 Å². The first-order valence-corrected chi connectivity index (χ1v) is 9.72. The first-order valence-electron chi connectivity index (χ1n) is 9.72. The van der Waals surface area contributed by atoms with Crippen molar-refractivity contribution in [3.05, 3.63) is 58.7 Å². The van der Waals surface area contributed by atoms with Gasteiger partial charge in [0, 0.05) is 17.7 Å². The summed E-state index contributed by atoms with van der Waals surface area (Å²) in [6.07, 6.45) is -10.2. The number of alkyl halides is 6. The van der Waals surface area contributed by atoms with Crippen LogP contribution in [0.5, 0.6) is 5.75 Å². The molecule has 3 unspecified atom stereocenters. The fourth-order valence-corrected chi connectivity index (χ4v) is 3.84. The number of methoxy groups -OCH3 is 1. The van der Waals surface area contributed by atoms with Crippen LogP contribution < -0.4 is 15.4 Å². The van der Waals surface area contributed by atoms with Crippen LogP contribution >= 0.6 is 0 Å². The monoisotopic (exact) mass is 482 g/mol. The molecule has 1 aliphatic heterocycles. The van der Waals surface area contributed by atoms with Gasteiger partial charge in [-0.2, -0.15) is 36.9 Å². The van der Waals surface area contributed by atoms with Gasteiger partial charge in [0.15, 0.2) is 0 Å². The van der Waals surface area contributed by atoms with E-state index >= 15 is 0 Å². The van der Waals surface area contributed by atoms with Crippen LogP contribution in [0.25, 0.3) is 0 Å². The number of nitrogens with zero attached hydrogens (tertiary/aromatic N) is 2. The lowest BCUT2D eigenvalue weighted by molar-refractivity contribution is -0.156. The predicted molar refractivity (Wildman–Crippen MR) is 107 cm³/mol. The highest BCUT2D eigenvalue weighted by atomic mass is 19.4. The standard InChI is InChI=1S/C22H16F6N4O2/c1-34-18-7-14(5-4-13(18)10-30)31-20(33)17-8-15(19(32-17)22(26,27)28)11-2-3-12(9-29)16(6-11)21(23,24)25/h2-7,15,17,19,32H,8H2,1H3,(H,31,33). The van der Waals surface area contributed by atoms with Crippen molar-refractivity contribution >= 4 is 11.6 Å². The minimum Gasteiger partial charge on any atom is -0.495 e. The van der Waals surface area contributed by atoms with Gasteiger partial charge in [0.2, 0.25) is 5.91 Å². The molecule has 1 aliphatic rings. The molecule has 1 amide bonds. The fraction of sp³-hybridized carbons (Fsp3) is 0.318. The van der Waals surface area contributed by atoms with Crippen molar-refractivity contribution in [3.8, 4) is 17.9 Å². The molecule has 1 saturated heterocycles. The molecule has 0 saturated carbocycles. The molecule has 2 N–H and O–H groups in total. The number of nitriles is 2. The van der Waals surface area contributed by atoms with E-state index in [1.165, 1.54) is 31.4 Å². The van der Waals surface area contributed by atoms with Crippen molar-refractivity contribution < 1.29 is 35.9 Å². The van der Waals surface area contributed by atoms with E-state index in [0.717, 1.165) is 12.1 Å². The molecule has 0 aromatic heterocycles. The molecule has 0 aliphatic carbocycles. The van der Waals surface area contributed by atoms with Gasteiger partial charge < -0.3 is 10.1 Å². The van der Waals surface area contributed by atoms with Gasteiger partial charge in [-0.15, -0.1) is 0 Å². The van der Waals surface area contributed by atoms with Crippen LogP contribution in [-0.4, -0.2) is 31.3 Å². The molecule has 1 fully saturated rings. The van der Waals surface area contributed by atoms with Gasteiger partial charge in [0.25, 0.3) is 0 Å². The van der Waals surface area contributed by atoms with E-state index in [2.05, 4.69) is 10.6 Å². The van der Waals surface area contributed by atoms with Crippen molar-refractivity contribution in [3.63, 3.8) is 0 Å². The maximum Gasteiger partial charge on any atom is 0.417 e. The summed E-state index contributed by atoms with van der Waals surface area (Å²) < 4.78 is 86.1. The number of carbonyl (C=O) groups excluding carboxylic acids is 1. The number of anilines is 1. The molecule has 0 radical (unpaired) electrons. The number of rotatable bonds is 4. The minimum absolute atomic E-state index is 0.142. The number of hydrogen-bond donors (Lipinski definition) is 2. The summed E-state index contributed by atoms with van der Waals surface area (Å²) in [7, 11) is 1.30. The number of ether oxygens (including phenoxy) is 1. The third-order valence-electron chi connectivity index (χ3n) is 5.43. The molecule has 2 aromatic carbocycles. The Hall–Kier alpha value is -3.77. The molecule has 34 heavy (non-hydrogen) atoms. The molecular weight excluding hydrogens is 466 g/mol. The number of benzene rings is 2. The Morgan fingerprint density at radius 2 is 1.71 bits per heavy atom. The van der Waals surface area contributed by atoms with Crippen molar-refractivity contribution in [1.29, 1.82) is 10.5 Å². The molecule has 12 heteroatoms. The largest absolute Gasteiger partial charge is 0.495 e. The second-order valence-electron chi connectivity index (χ2n) is 7.51. The van der Waals surface area contributed by atoms with Gasteiger partial charge in [-0.1, -0.05) is 6.07 Å². The van der Waals surface area contributed by atoms with E-state index in [9.17, 15) is 31.1 Å². The van der Waals surface area contributed by atoms with Crippen molar-refractivity contribution in [2.24, 2.45) is 0 Å². The van der Waals surface area contributed by atoms with Crippen LogP contribution in [0.3, 0.4) is 0 Å². The maximum atomic E-state index is 13.7. The first kappa shape index (κ1) is 24.9. The van der Waals surface area contributed by atoms with E-state index in [0.29, 0.717) is 6.07 Å². The van der Waals surface area contributed by atoms with Crippen LogP contribution in [0.15, 0.2) is 36.4 Å². The highest BCUT2D eigenvalue weighted by Crippen LogP contribution is 2.42. The minimum atomic E-state index is -4.94. The number of amides is 1. The lowest BCUT2D eigenvalue weighted by Gasteiger charge is -2.23. The maximum absolute atomic E-state index is 13.7. The van der Waals surface area contributed by atoms with E-state index in [1.807, 2.05) is 6.07 Å². The van der Waals surface area contributed by atoms with Gasteiger partial charge in [0.1, 0.15) is 17.9 Å². The molecule has 1 heterocycles. The molecule has 0 spiro atoms. The zero-order valence-electron chi connectivity index (χ0n) is 17.4. The fourth-order valence-electron chi connectivity index (χ4n) is 3.84. The van der Waals surface area contributed by atoms with Crippen LogP contribution in [0, 0.1) is 22.7 Å². The summed E-state index contributed by atoms with van der Waals surface area (Å²) in [6.45, 7) is 0. The first-order chi connectivity index (χ1) is 15.9. The Morgan fingerprint density at radius 3 is 2.26 bits per heavy atom. The molecule has 6 nitrogen and oxygen atoms in total. The Bertz CT molecular complexity index is 1180. The predicted octanol–water partition coefficient (Wildman–Crippen LogP) is 4.47. The lowest BCUT2D eigenvalue weighted by atomic mass is 9.88. The van der Waals surface area contributed by atoms with Gasteiger partial charge in [-0.05, 0) is 36.2 Å². The van der Waals surface area contributed by atoms with Gasteiger partial charge in [0.05, 0.1) is 35.9 Å². The summed E-state index contributed by atoms with van der Waals surface area (Å²) in [4.78, 5) is 12.7. The second-order valence-corrected chi connectivity index (χ2v) is 7.51. The number of nitrogens with one attached hydrogen (secondary N) is 2. The SMILES string of the molecule is COc1cc(NC(=O)C2CC(c3ccc(C#N)c(C(F)(F)F)c3)C(C(F)(F)F)N2)ccc1C#N. The third kappa shape index (κ3) is 5.07. The number of carbonyl (C=O) groups is 1. The van der Waals surface area contributed by atoms with Crippen molar-refractivity contribution in [2.45, 2.75) is 36.8 Å². The average Bonchev–Trinajstić information content (AvgIpc) is 3.24. The normalized spacial score (nSPS) is 20.3. The number of hydrogen-bond acceptors (Lipinski definition) is 5. The van der Waals surface area contributed by atoms with Crippen LogP contribution in [0.1, 0.15) is 34.6 Å². The third-order valence-corrected chi connectivity index (χ3v) is 5.43. The average molecular weight is 482 g/mol. The summed E-state index contributed by atoms with van der Waals surface area (Å²) in [5.41, 5.74) is -2.01. The van der Waals surface area contributed by atoms with Crippen molar-refractivity contribution in [2.75, 3.05) is 12.4 Å². The molecule has 178 valence electrons. The Labute approximate surface area is 189 Å². The Balaban J connectivity index is 1.90. The van der Waals surface area contributed by atoms with Crippen LogP contribution in [-0.2, 0) is 11.0 Å². The zero-order chi connectivity index (χ0) is 25.3. The lowest BCUT2D eigenvalue weighted by Crippen LogP contribution is -2.46. The van der Waals surface area contributed by atoms with E-state index in [-0.39, 0.29) is 22.6 Å². The summed E-state index contributed by atoms with van der Waals surface area (Å²) in [5.74, 6) is -2.20. The van der Waals surface area contributed by atoms with Crippen LogP contribution in [0.2, 0.25) is 0 Å². The molecule has 2 aromatic rings. The smallest absolute Gasteiger partial charge is 0.417 e. The molecular formula is C22H16F6N4O2. The molecule has 3 atom stereocenters. The Morgan fingerprint density at radius 1 is 1.06 bits per heavy atom. The Kier molecular flexibility index (Phi) is 6.75. The van der Waals surface area contributed by atoms with E-state index < -0.39 is 53.8 Å². The van der Waals surface area contributed by atoms with Gasteiger partial charge >= 0.3 is 12.4 Å². The summed E-state index contributed by atoms with van der Waals surface area (Å²) >= 11 is 0. The van der Waals surface area contributed by atoms with Crippen molar-refractivity contribution in [1.82, 2.24) is 5.32 Å². The van der Waals surface area contributed by atoms with E-state index in [1.54, 1.807) is 0 Å². The quantitative estimate of drug-likeness (QED) is 0.627. The number of halogens is 6. The topological polar surface area (TPSA) is 97.9 Å². The van der Waals surface area contributed by atoms with Gasteiger partial charge in [-0.3, -0.25) is 10.1 Å². The highest BCUT2D eigenvalue weighted by molar-refractivity contribution is 5.95. The molecule has 0 bridgehead atoms. The molecule has 3 rings (SSSR count). The highest BCUT2D eigenvalue weighted by Gasteiger charge is 2.52. The summed E-state index contributed by atoms with van der Waals surface area (Å²) in [6, 6.07) is 6.02. The zero-order valence-corrected chi connectivity index (χ0v) is 17.4. The second kappa shape index (κ2) is 9.23. The van der Waals surface area contributed by atoms with E-state index in [4.69, 9.17) is 15.3 Å².